The average Bonchev–Trinajstić information content (AvgIpc) is 2.88. The molecule has 1 fully saturated rings. The van der Waals surface area contributed by atoms with Crippen LogP contribution in [0.25, 0.3) is 10.9 Å². The molecule has 2 heterocycles. The molecule has 4 heteroatoms. The van der Waals surface area contributed by atoms with Crippen LogP contribution < -0.4 is 4.90 Å². The van der Waals surface area contributed by atoms with Crippen LogP contribution in [-0.2, 0) is 0 Å². The molecule has 0 unspecified atom stereocenters. The fraction of sp³-hybridized carbons (Fsp3) is 0.364. The van der Waals surface area contributed by atoms with Gasteiger partial charge in [0, 0.05) is 18.5 Å². The van der Waals surface area contributed by atoms with Crippen LogP contribution in [0.1, 0.15) is 12.8 Å². The molecular weight excluding hydrogens is 210 g/mol. The van der Waals surface area contributed by atoms with Crippen molar-refractivity contribution in [3.8, 4) is 0 Å². The lowest BCUT2D eigenvalue weighted by molar-refractivity contribution is 0.949. The lowest BCUT2D eigenvalue weighted by Crippen LogP contribution is -2.17. The molecule has 15 heavy (non-hydrogen) atoms. The van der Waals surface area contributed by atoms with Gasteiger partial charge in [-0.2, -0.15) is 5.10 Å². The van der Waals surface area contributed by atoms with Crippen LogP contribution in [0.15, 0.2) is 18.3 Å². The van der Waals surface area contributed by atoms with Crippen molar-refractivity contribution in [2.45, 2.75) is 12.8 Å². The van der Waals surface area contributed by atoms with Crippen molar-refractivity contribution in [3.05, 3.63) is 23.4 Å². The van der Waals surface area contributed by atoms with Crippen LogP contribution >= 0.6 is 11.6 Å². The molecule has 0 radical (unpaired) electrons. The molecule has 0 aliphatic carbocycles. The van der Waals surface area contributed by atoms with E-state index in [-0.39, 0.29) is 0 Å². The maximum absolute atomic E-state index is 6.10. The van der Waals surface area contributed by atoms with E-state index in [2.05, 4.69) is 21.2 Å². The van der Waals surface area contributed by atoms with Crippen LogP contribution in [0.4, 0.5) is 5.69 Å². The number of nitrogens with one attached hydrogen (secondary N) is 1. The molecular formula is C11H12ClN3. The average molecular weight is 222 g/mol. The number of fused-ring (bicyclic) bond motifs is 1. The number of halogens is 1. The topological polar surface area (TPSA) is 31.9 Å². The van der Waals surface area contributed by atoms with Crippen molar-refractivity contribution < 1.29 is 0 Å². The summed E-state index contributed by atoms with van der Waals surface area (Å²) in [6.07, 6.45) is 4.34. The summed E-state index contributed by atoms with van der Waals surface area (Å²) in [5.41, 5.74) is 2.29. The summed E-state index contributed by atoms with van der Waals surface area (Å²) in [5, 5.41) is 8.87. The Morgan fingerprint density at radius 3 is 2.87 bits per heavy atom. The molecule has 1 aliphatic heterocycles. The number of benzene rings is 1. The Balaban J connectivity index is 2.17. The van der Waals surface area contributed by atoms with Crippen LogP contribution in [0.2, 0.25) is 5.02 Å². The highest BCUT2D eigenvalue weighted by atomic mass is 35.5. The van der Waals surface area contributed by atoms with Crippen LogP contribution in [-0.4, -0.2) is 23.3 Å². The van der Waals surface area contributed by atoms with Gasteiger partial charge in [-0.25, -0.2) is 0 Å². The first-order chi connectivity index (χ1) is 7.36. The van der Waals surface area contributed by atoms with Gasteiger partial charge in [-0.05, 0) is 25.0 Å². The lowest BCUT2D eigenvalue weighted by atomic mass is 10.2. The van der Waals surface area contributed by atoms with Gasteiger partial charge < -0.3 is 4.90 Å². The van der Waals surface area contributed by atoms with Crippen LogP contribution in [0.3, 0.4) is 0 Å². The molecule has 1 N–H and O–H groups in total. The van der Waals surface area contributed by atoms with Gasteiger partial charge in [-0.3, -0.25) is 5.10 Å². The van der Waals surface area contributed by atoms with E-state index < -0.39 is 0 Å². The van der Waals surface area contributed by atoms with Crippen molar-refractivity contribution >= 4 is 28.2 Å². The number of anilines is 1. The molecule has 0 spiro atoms. The first-order valence-corrected chi connectivity index (χ1v) is 5.60. The molecule has 1 aromatic carbocycles. The Kier molecular flexibility index (Phi) is 2.06. The molecule has 0 atom stereocenters. The first kappa shape index (κ1) is 9.04. The summed E-state index contributed by atoms with van der Waals surface area (Å²) in [6.45, 7) is 2.27. The summed E-state index contributed by atoms with van der Waals surface area (Å²) < 4.78 is 0. The molecule has 3 rings (SSSR count). The van der Waals surface area contributed by atoms with E-state index in [0.717, 1.165) is 29.0 Å². The first-order valence-electron chi connectivity index (χ1n) is 5.23. The number of aromatic nitrogens is 2. The van der Waals surface area contributed by atoms with Gasteiger partial charge in [-0.15, -0.1) is 0 Å². The molecule has 0 saturated carbocycles. The predicted molar refractivity (Wildman–Crippen MR) is 62.6 cm³/mol. The minimum Gasteiger partial charge on any atom is -0.370 e. The van der Waals surface area contributed by atoms with E-state index >= 15 is 0 Å². The van der Waals surface area contributed by atoms with Crippen molar-refractivity contribution in [1.29, 1.82) is 0 Å². The third-order valence-corrected chi connectivity index (χ3v) is 3.32. The summed E-state index contributed by atoms with van der Waals surface area (Å²) in [5.74, 6) is 0. The third kappa shape index (κ3) is 1.38. The second-order valence-corrected chi connectivity index (χ2v) is 4.33. The molecule has 0 amide bonds. The maximum atomic E-state index is 6.10. The predicted octanol–water partition coefficient (Wildman–Crippen LogP) is 2.82. The Morgan fingerprint density at radius 2 is 2.07 bits per heavy atom. The van der Waals surface area contributed by atoms with Gasteiger partial charge in [0.2, 0.25) is 0 Å². The van der Waals surface area contributed by atoms with Gasteiger partial charge in [0.25, 0.3) is 0 Å². The zero-order chi connectivity index (χ0) is 10.3. The van der Waals surface area contributed by atoms with Gasteiger partial charge in [0.05, 0.1) is 22.4 Å². The Labute approximate surface area is 93.0 Å². The Morgan fingerprint density at radius 1 is 1.27 bits per heavy atom. The number of hydrogen-bond donors (Lipinski definition) is 1. The van der Waals surface area contributed by atoms with Gasteiger partial charge in [0.15, 0.2) is 0 Å². The Hall–Kier alpha value is -1.22. The number of rotatable bonds is 1. The third-order valence-electron chi connectivity index (χ3n) is 2.99. The Bertz CT molecular complexity index is 486. The summed E-state index contributed by atoms with van der Waals surface area (Å²) >= 11 is 6.10. The summed E-state index contributed by atoms with van der Waals surface area (Å²) in [6, 6.07) is 4.03. The van der Waals surface area contributed by atoms with Crippen molar-refractivity contribution in [2.24, 2.45) is 0 Å². The van der Waals surface area contributed by atoms with Crippen LogP contribution in [0, 0.1) is 0 Å². The quantitative estimate of drug-likeness (QED) is 0.803. The zero-order valence-corrected chi connectivity index (χ0v) is 9.09. The number of H-pyrrole nitrogens is 1. The van der Waals surface area contributed by atoms with E-state index in [1.807, 2.05) is 6.07 Å². The van der Waals surface area contributed by atoms with Gasteiger partial charge in [-0.1, -0.05) is 11.6 Å². The normalized spacial score (nSPS) is 16.5. The molecule has 2 aromatic rings. The maximum Gasteiger partial charge on any atom is 0.0898 e. The second kappa shape index (κ2) is 3.42. The highest BCUT2D eigenvalue weighted by Crippen LogP contribution is 2.31. The van der Waals surface area contributed by atoms with E-state index in [0.29, 0.717) is 0 Å². The molecule has 1 saturated heterocycles. The van der Waals surface area contributed by atoms with Crippen molar-refractivity contribution in [1.82, 2.24) is 10.2 Å². The molecule has 0 bridgehead atoms. The highest BCUT2D eigenvalue weighted by molar-refractivity contribution is 6.35. The van der Waals surface area contributed by atoms with Crippen molar-refractivity contribution in [3.63, 3.8) is 0 Å². The molecule has 78 valence electrons. The molecule has 3 nitrogen and oxygen atoms in total. The van der Waals surface area contributed by atoms with E-state index in [4.69, 9.17) is 11.6 Å². The largest absolute Gasteiger partial charge is 0.370 e. The zero-order valence-electron chi connectivity index (χ0n) is 8.33. The standard InChI is InChI=1S/C11H12ClN3/c12-9-3-4-10(15-5-1-2-6-15)11-8(9)7-13-14-11/h3-4,7H,1-2,5-6H2,(H,13,14). The van der Waals surface area contributed by atoms with Gasteiger partial charge in [0.1, 0.15) is 0 Å². The second-order valence-electron chi connectivity index (χ2n) is 3.92. The van der Waals surface area contributed by atoms with E-state index in [1.165, 1.54) is 18.5 Å². The number of nitrogens with zero attached hydrogens (tertiary/aromatic N) is 2. The SMILES string of the molecule is Clc1ccc(N2CCCC2)c2[nH]ncc12. The smallest absolute Gasteiger partial charge is 0.0898 e. The minimum absolute atomic E-state index is 0.765. The number of aromatic amines is 1. The van der Waals surface area contributed by atoms with Gasteiger partial charge >= 0.3 is 0 Å². The van der Waals surface area contributed by atoms with E-state index in [1.54, 1.807) is 6.20 Å². The van der Waals surface area contributed by atoms with Crippen molar-refractivity contribution in [2.75, 3.05) is 18.0 Å². The fourth-order valence-corrected chi connectivity index (χ4v) is 2.42. The monoisotopic (exact) mass is 221 g/mol. The summed E-state index contributed by atoms with van der Waals surface area (Å²) in [4.78, 5) is 2.39. The summed E-state index contributed by atoms with van der Waals surface area (Å²) in [7, 11) is 0. The van der Waals surface area contributed by atoms with E-state index in [9.17, 15) is 0 Å². The van der Waals surface area contributed by atoms with Crippen LogP contribution in [0.5, 0.6) is 0 Å². The highest BCUT2D eigenvalue weighted by Gasteiger charge is 2.16. The number of hydrogen-bond acceptors (Lipinski definition) is 2. The molecule has 1 aliphatic rings. The molecule has 1 aromatic heterocycles. The minimum atomic E-state index is 0.765. The fourth-order valence-electron chi connectivity index (χ4n) is 2.21. The lowest BCUT2D eigenvalue weighted by Gasteiger charge is -2.18.